The quantitative estimate of drug-likeness (QED) is 0.786. The number of aliphatic hydroxyl groups excluding tert-OH is 2. The minimum Gasteiger partial charge on any atom is -0.462 e. The second kappa shape index (κ2) is 6.55. The predicted octanol–water partition coefficient (Wildman–Crippen LogP) is 2.35. The number of cyclic esters (lactones) is 1. The number of fused-ring (bicyclic) bond motifs is 1. The standard InChI is InChI=1S/C18H26O4/c1-11-2-3-12-8-13(19)4-6-17(12)16(11)7-5-15-9-14(20)10-18(21)22-15/h2-3,8,11,13-17,19-20H,4-7,9-10H2,1H3/t11-,13-,14+,15+,16-,17-/m0/s1. The summed E-state index contributed by atoms with van der Waals surface area (Å²) < 4.78 is 5.36. The Morgan fingerprint density at radius 1 is 1.27 bits per heavy atom. The van der Waals surface area contributed by atoms with Gasteiger partial charge in [-0.3, -0.25) is 4.79 Å². The van der Waals surface area contributed by atoms with Gasteiger partial charge in [0.05, 0.1) is 18.6 Å². The molecule has 0 aromatic rings. The van der Waals surface area contributed by atoms with Crippen LogP contribution in [0.4, 0.5) is 0 Å². The monoisotopic (exact) mass is 306 g/mol. The van der Waals surface area contributed by atoms with Gasteiger partial charge in [0.25, 0.3) is 0 Å². The predicted molar refractivity (Wildman–Crippen MR) is 83.0 cm³/mol. The van der Waals surface area contributed by atoms with Crippen LogP contribution in [-0.2, 0) is 9.53 Å². The van der Waals surface area contributed by atoms with E-state index < -0.39 is 6.10 Å². The zero-order valence-corrected chi connectivity index (χ0v) is 13.1. The van der Waals surface area contributed by atoms with E-state index in [1.807, 2.05) is 6.08 Å². The first-order valence-electron chi connectivity index (χ1n) is 8.48. The molecule has 0 radical (unpaired) electrons. The Hall–Kier alpha value is -1.13. The van der Waals surface area contributed by atoms with Gasteiger partial charge in [-0.05, 0) is 49.0 Å². The Morgan fingerprint density at radius 2 is 2.09 bits per heavy atom. The zero-order valence-electron chi connectivity index (χ0n) is 13.1. The van der Waals surface area contributed by atoms with Crippen LogP contribution in [0.5, 0.6) is 0 Å². The maximum atomic E-state index is 11.4. The first kappa shape index (κ1) is 15.8. The average molecular weight is 306 g/mol. The molecule has 1 fully saturated rings. The highest BCUT2D eigenvalue weighted by Gasteiger charge is 2.35. The van der Waals surface area contributed by atoms with Crippen LogP contribution in [0.15, 0.2) is 23.8 Å². The molecular formula is C18H26O4. The van der Waals surface area contributed by atoms with E-state index in [1.54, 1.807) is 0 Å². The summed E-state index contributed by atoms with van der Waals surface area (Å²) in [6, 6.07) is 0. The highest BCUT2D eigenvalue weighted by Crippen LogP contribution is 2.42. The average Bonchev–Trinajstić information content (AvgIpc) is 2.45. The Balaban J connectivity index is 1.63. The van der Waals surface area contributed by atoms with Crippen molar-refractivity contribution in [2.24, 2.45) is 17.8 Å². The fourth-order valence-electron chi connectivity index (χ4n) is 4.24. The number of esters is 1. The number of allylic oxidation sites excluding steroid dienone is 3. The summed E-state index contributed by atoms with van der Waals surface area (Å²) in [6.07, 6.45) is 9.76. The molecular weight excluding hydrogens is 280 g/mol. The lowest BCUT2D eigenvalue weighted by molar-refractivity contribution is -0.160. The lowest BCUT2D eigenvalue weighted by atomic mass is 9.67. The molecule has 0 bridgehead atoms. The van der Waals surface area contributed by atoms with Crippen molar-refractivity contribution in [1.29, 1.82) is 0 Å². The summed E-state index contributed by atoms with van der Waals surface area (Å²) in [5.74, 6) is 1.26. The van der Waals surface area contributed by atoms with Crippen molar-refractivity contribution in [1.82, 2.24) is 0 Å². The van der Waals surface area contributed by atoms with E-state index in [-0.39, 0.29) is 24.6 Å². The van der Waals surface area contributed by atoms with Crippen molar-refractivity contribution in [3.05, 3.63) is 23.8 Å². The van der Waals surface area contributed by atoms with Crippen LogP contribution in [0.3, 0.4) is 0 Å². The van der Waals surface area contributed by atoms with Crippen molar-refractivity contribution in [3.8, 4) is 0 Å². The third-order valence-electron chi connectivity index (χ3n) is 5.43. The molecule has 6 atom stereocenters. The first-order chi connectivity index (χ1) is 10.5. The van der Waals surface area contributed by atoms with Gasteiger partial charge >= 0.3 is 5.97 Å². The second-order valence-corrected chi connectivity index (χ2v) is 7.08. The van der Waals surface area contributed by atoms with Gasteiger partial charge in [0.15, 0.2) is 0 Å². The normalized spacial score (nSPS) is 41.6. The summed E-state index contributed by atoms with van der Waals surface area (Å²) in [4.78, 5) is 11.4. The van der Waals surface area contributed by atoms with Gasteiger partial charge < -0.3 is 14.9 Å². The van der Waals surface area contributed by atoms with E-state index in [9.17, 15) is 15.0 Å². The van der Waals surface area contributed by atoms with Crippen molar-refractivity contribution in [2.75, 3.05) is 0 Å². The number of hydrogen-bond acceptors (Lipinski definition) is 4. The van der Waals surface area contributed by atoms with Crippen molar-refractivity contribution >= 4 is 5.97 Å². The minimum atomic E-state index is -0.546. The Bertz CT molecular complexity index is 481. The van der Waals surface area contributed by atoms with Gasteiger partial charge in [0, 0.05) is 6.42 Å². The zero-order chi connectivity index (χ0) is 15.7. The van der Waals surface area contributed by atoms with E-state index in [0.29, 0.717) is 24.2 Å². The van der Waals surface area contributed by atoms with Crippen molar-refractivity contribution in [3.63, 3.8) is 0 Å². The van der Waals surface area contributed by atoms with Gasteiger partial charge in [-0.2, -0.15) is 0 Å². The van der Waals surface area contributed by atoms with Crippen LogP contribution in [0, 0.1) is 17.8 Å². The summed E-state index contributed by atoms with van der Waals surface area (Å²) >= 11 is 0. The lowest BCUT2D eigenvalue weighted by Gasteiger charge is -2.39. The fourth-order valence-corrected chi connectivity index (χ4v) is 4.24. The summed E-state index contributed by atoms with van der Waals surface area (Å²) in [7, 11) is 0. The number of hydrogen-bond donors (Lipinski definition) is 2. The van der Waals surface area contributed by atoms with E-state index in [2.05, 4.69) is 19.1 Å². The summed E-state index contributed by atoms with van der Waals surface area (Å²) in [5, 5.41) is 19.5. The van der Waals surface area contributed by atoms with Crippen molar-refractivity contribution in [2.45, 2.75) is 63.8 Å². The molecule has 3 rings (SSSR count). The third-order valence-corrected chi connectivity index (χ3v) is 5.43. The molecule has 0 spiro atoms. The molecule has 0 aromatic heterocycles. The largest absolute Gasteiger partial charge is 0.462 e. The van der Waals surface area contributed by atoms with E-state index >= 15 is 0 Å². The molecule has 1 saturated heterocycles. The molecule has 0 saturated carbocycles. The highest BCUT2D eigenvalue weighted by atomic mass is 16.5. The molecule has 22 heavy (non-hydrogen) atoms. The molecule has 2 N–H and O–H groups in total. The topological polar surface area (TPSA) is 66.8 Å². The van der Waals surface area contributed by atoms with E-state index in [1.165, 1.54) is 5.57 Å². The second-order valence-electron chi connectivity index (χ2n) is 7.08. The number of carbonyl (C=O) groups is 1. The number of aliphatic hydroxyl groups is 2. The van der Waals surface area contributed by atoms with E-state index in [4.69, 9.17) is 4.74 Å². The summed E-state index contributed by atoms with van der Waals surface area (Å²) in [6.45, 7) is 2.24. The third kappa shape index (κ3) is 3.44. The molecule has 0 amide bonds. The molecule has 0 aromatic carbocycles. The Morgan fingerprint density at radius 3 is 2.86 bits per heavy atom. The Labute approximate surface area is 131 Å². The highest BCUT2D eigenvalue weighted by molar-refractivity contribution is 5.70. The van der Waals surface area contributed by atoms with Crippen molar-refractivity contribution < 1.29 is 19.7 Å². The smallest absolute Gasteiger partial charge is 0.308 e. The van der Waals surface area contributed by atoms with Crippen LogP contribution in [0.1, 0.15) is 45.4 Å². The van der Waals surface area contributed by atoms with Gasteiger partial charge in [-0.15, -0.1) is 0 Å². The molecule has 4 nitrogen and oxygen atoms in total. The van der Waals surface area contributed by atoms with E-state index in [0.717, 1.165) is 25.7 Å². The van der Waals surface area contributed by atoms with Gasteiger partial charge in [-0.1, -0.05) is 25.2 Å². The fraction of sp³-hybridized carbons (Fsp3) is 0.722. The van der Waals surface area contributed by atoms with Gasteiger partial charge in [-0.25, -0.2) is 0 Å². The molecule has 4 heteroatoms. The molecule has 1 aliphatic heterocycles. The van der Waals surface area contributed by atoms with Gasteiger partial charge in [0.1, 0.15) is 6.10 Å². The molecule has 122 valence electrons. The Kier molecular flexibility index (Phi) is 4.69. The van der Waals surface area contributed by atoms with Crippen LogP contribution < -0.4 is 0 Å². The van der Waals surface area contributed by atoms with Gasteiger partial charge in [0.2, 0.25) is 0 Å². The first-order valence-corrected chi connectivity index (χ1v) is 8.48. The molecule has 2 aliphatic carbocycles. The molecule has 3 aliphatic rings. The number of ether oxygens (including phenoxy) is 1. The molecule has 0 unspecified atom stereocenters. The molecule has 1 heterocycles. The SMILES string of the molecule is C[C@H]1C=CC2=C[C@@H](O)CC[C@@H]2[C@H]1CC[C@@H]1C[C@@H](O)CC(=O)O1. The summed E-state index contributed by atoms with van der Waals surface area (Å²) in [5.41, 5.74) is 1.27. The van der Waals surface area contributed by atoms with Crippen LogP contribution >= 0.6 is 0 Å². The maximum Gasteiger partial charge on any atom is 0.308 e. The van der Waals surface area contributed by atoms with Crippen LogP contribution in [-0.4, -0.2) is 34.5 Å². The maximum absolute atomic E-state index is 11.4. The van der Waals surface area contributed by atoms with Crippen LogP contribution in [0.25, 0.3) is 0 Å². The lowest BCUT2D eigenvalue weighted by Crippen LogP contribution is -2.34. The number of rotatable bonds is 3. The van der Waals surface area contributed by atoms with Crippen LogP contribution in [0.2, 0.25) is 0 Å². The number of carbonyl (C=O) groups excluding carboxylic acids is 1. The minimum absolute atomic E-state index is 0.131.